The van der Waals surface area contributed by atoms with Crippen molar-refractivity contribution in [2.24, 2.45) is 4.99 Å². The Kier molecular flexibility index (Phi) is 6.20. The van der Waals surface area contributed by atoms with Crippen LogP contribution in [0.25, 0.3) is 0 Å². The summed E-state index contributed by atoms with van der Waals surface area (Å²) in [6.07, 6.45) is 4.97. The number of likely N-dealkylation sites (tertiary alicyclic amines) is 1. The lowest BCUT2D eigenvalue weighted by molar-refractivity contribution is 0.0801. The fourth-order valence-electron chi connectivity index (χ4n) is 5.30. The highest BCUT2D eigenvalue weighted by molar-refractivity contribution is 7.89. The molecule has 4 aliphatic rings. The van der Waals surface area contributed by atoms with Gasteiger partial charge in [-0.3, -0.25) is 4.21 Å². The van der Waals surface area contributed by atoms with E-state index in [0.29, 0.717) is 23.3 Å². The molecule has 0 bridgehead atoms. The number of nitrogens with zero attached hydrogens (tertiary/aromatic N) is 4. The summed E-state index contributed by atoms with van der Waals surface area (Å²) in [5, 5.41) is 12.7. The fraction of sp³-hybridized carbons (Fsp3) is 0.583. The summed E-state index contributed by atoms with van der Waals surface area (Å²) >= 11 is 0. The lowest BCUT2D eigenvalue weighted by atomic mass is 9.89. The highest BCUT2D eigenvalue weighted by Crippen LogP contribution is 2.35. The maximum Gasteiger partial charge on any atom is 0.203 e. The molecular weight excluding hydrogens is 422 g/mol. The third-order valence-electron chi connectivity index (χ3n) is 7.20. The molecule has 0 radical (unpaired) electrons. The largest absolute Gasteiger partial charge is 0.381 e. The first-order valence-electron chi connectivity index (χ1n) is 11.7. The van der Waals surface area contributed by atoms with Crippen molar-refractivity contribution in [3.63, 3.8) is 0 Å². The number of piperidine rings is 1. The van der Waals surface area contributed by atoms with Crippen LogP contribution in [0.15, 0.2) is 40.0 Å². The molecule has 0 aromatic heterocycles. The van der Waals surface area contributed by atoms with Crippen LogP contribution < -0.4 is 5.32 Å². The molecule has 170 valence electrons. The highest BCUT2D eigenvalue weighted by atomic mass is 32.2. The van der Waals surface area contributed by atoms with Crippen LogP contribution >= 0.6 is 0 Å². The number of hydrogen-bond donors (Lipinski definition) is 1. The second kappa shape index (κ2) is 9.24. The van der Waals surface area contributed by atoms with Crippen LogP contribution in [0.1, 0.15) is 49.1 Å². The number of nitrogens with one attached hydrogen (secondary N) is 1. The molecule has 0 saturated carbocycles. The van der Waals surface area contributed by atoms with Crippen molar-refractivity contribution < 1.29 is 8.95 Å². The van der Waals surface area contributed by atoms with Crippen molar-refractivity contribution in [1.82, 2.24) is 15.1 Å². The quantitative estimate of drug-likeness (QED) is 0.757. The maximum atomic E-state index is 12.8. The Morgan fingerprint density at radius 1 is 1.12 bits per heavy atom. The number of rotatable bonds is 3. The van der Waals surface area contributed by atoms with Gasteiger partial charge in [0, 0.05) is 45.1 Å². The summed E-state index contributed by atoms with van der Waals surface area (Å²) in [7, 11) is 1.15. The van der Waals surface area contributed by atoms with E-state index in [9.17, 15) is 4.21 Å². The molecule has 3 fully saturated rings. The molecule has 0 amide bonds. The van der Waals surface area contributed by atoms with Gasteiger partial charge in [-0.05, 0) is 55.7 Å². The van der Waals surface area contributed by atoms with Crippen molar-refractivity contribution in [3.8, 4) is 6.07 Å². The van der Waals surface area contributed by atoms with Gasteiger partial charge in [0.15, 0.2) is 0 Å². The van der Waals surface area contributed by atoms with Gasteiger partial charge in [-0.25, -0.2) is 0 Å². The van der Waals surface area contributed by atoms with Crippen LogP contribution in [0, 0.1) is 11.3 Å². The molecule has 3 saturated heterocycles. The summed E-state index contributed by atoms with van der Waals surface area (Å²) in [6, 6.07) is 10.7. The molecule has 32 heavy (non-hydrogen) atoms. The van der Waals surface area contributed by atoms with Crippen LogP contribution in [0.2, 0.25) is 0 Å². The smallest absolute Gasteiger partial charge is 0.203 e. The minimum atomic E-state index is -0.952. The molecule has 2 atom stereocenters. The number of likely N-dealkylation sites (N-methyl/N-ethyl adjacent to an activating group) is 1. The van der Waals surface area contributed by atoms with Gasteiger partial charge in [-0.2, -0.15) is 10.3 Å². The molecule has 1 aromatic carbocycles. The van der Waals surface area contributed by atoms with E-state index in [4.69, 9.17) is 15.0 Å². The number of benzene rings is 1. The maximum absolute atomic E-state index is 12.8. The van der Waals surface area contributed by atoms with Gasteiger partial charge in [0.25, 0.3) is 0 Å². The molecule has 4 heterocycles. The Hall–Kier alpha value is -2.37. The number of hydrogen-bond acceptors (Lipinski definition) is 7. The number of aliphatic imine (C=N–C) groups is 1. The van der Waals surface area contributed by atoms with Crippen molar-refractivity contribution >= 4 is 16.8 Å². The zero-order valence-corrected chi connectivity index (χ0v) is 19.4. The molecule has 1 aromatic rings. The summed E-state index contributed by atoms with van der Waals surface area (Å²) in [4.78, 5) is 10.7. The van der Waals surface area contributed by atoms with E-state index >= 15 is 0 Å². The Morgan fingerprint density at radius 3 is 2.53 bits per heavy atom. The topological polar surface area (TPSA) is 81.0 Å². The van der Waals surface area contributed by atoms with E-state index in [2.05, 4.69) is 40.4 Å². The predicted octanol–water partition coefficient (Wildman–Crippen LogP) is 2.50. The van der Waals surface area contributed by atoms with E-state index in [1.54, 1.807) is 0 Å². The van der Waals surface area contributed by atoms with E-state index in [-0.39, 0.29) is 6.04 Å². The van der Waals surface area contributed by atoms with E-state index < -0.39 is 10.8 Å². The van der Waals surface area contributed by atoms with Gasteiger partial charge < -0.3 is 19.9 Å². The molecule has 0 spiro atoms. The van der Waals surface area contributed by atoms with E-state index in [0.717, 1.165) is 75.1 Å². The zero-order chi connectivity index (χ0) is 22.1. The van der Waals surface area contributed by atoms with Gasteiger partial charge in [-0.15, -0.1) is 0 Å². The average molecular weight is 454 g/mol. The fourth-order valence-corrected chi connectivity index (χ4v) is 6.85. The third kappa shape index (κ3) is 4.16. The number of fused-ring (bicyclic) bond motifs is 1. The second-order valence-corrected chi connectivity index (χ2v) is 10.7. The average Bonchev–Trinajstić information content (AvgIpc) is 3.24. The van der Waals surface area contributed by atoms with Gasteiger partial charge in [-0.1, -0.05) is 12.1 Å². The number of ether oxygens (including phenoxy) is 1. The van der Waals surface area contributed by atoms with Gasteiger partial charge in [0.05, 0.1) is 33.4 Å². The molecule has 4 aliphatic heterocycles. The van der Waals surface area contributed by atoms with Crippen molar-refractivity contribution in [2.45, 2.75) is 50.1 Å². The lowest BCUT2D eigenvalue weighted by Gasteiger charge is -2.42. The summed E-state index contributed by atoms with van der Waals surface area (Å²) in [5.74, 6) is 3.08. The zero-order valence-electron chi connectivity index (χ0n) is 18.6. The first kappa shape index (κ1) is 21.5. The number of nitriles is 1. The summed E-state index contributed by atoms with van der Waals surface area (Å²) < 4.78 is 18.3. The molecule has 0 aliphatic carbocycles. The Morgan fingerprint density at radius 2 is 1.84 bits per heavy atom. The Labute approximate surface area is 192 Å². The second-order valence-electron chi connectivity index (χ2n) is 9.12. The molecule has 7 nitrogen and oxygen atoms in total. The summed E-state index contributed by atoms with van der Waals surface area (Å²) in [6.45, 7) is 3.44. The van der Waals surface area contributed by atoms with Crippen LogP contribution in [-0.2, 0) is 15.5 Å². The predicted molar refractivity (Wildman–Crippen MR) is 125 cm³/mol. The highest BCUT2D eigenvalue weighted by Gasteiger charge is 2.40. The van der Waals surface area contributed by atoms with Crippen LogP contribution in [-0.4, -0.2) is 71.2 Å². The molecule has 5 rings (SSSR count). The van der Waals surface area contributed by atoms with Crippen molar-refractivity contribution in [3.05, 3.63) is 46.1 Å². The van der Waals surface area contributed by atoms with Crippen LogP contribution in [0.4, 0.5) is 0 Å². The summed E-state index contributed by atoms with van der Waals surface area (Å²) in [5.41, 5.74) is 2.03. The van der Waals surface area contributed by atoms with Crippen molar-refractivity contribution in [1.29, 1.82) is 5.26 Å². The Balaban J connectivity index is 1.33. The van der Waals surface area contributed by atoms with Gasteiger partial charge in [0.1, 0.15) is 5.82 Å². The number of guanidine groups is 1. The van der Waals surface area contributed by atoms with Crippen LogP contribution in [0.3, 0.4) is 0 Å². The third-order valence-corrected chi connectivity index (χ3v) is 8.77. The van der Waals surface area contributed by atoms with E-state index in [1.165, 1.54) is 5.56 Å². The minimum Gasteiger partial charge on any atom is -0.381 e. The molecule has 2 unspecified atom stereocenters. The first-order chi connectivity index (χ1) is 15.6. The van der Waals surface area contributed by atoms with Gasteiger partial charge in [0.2, 0.25) is 5.96 Å². The molecular formula is C24H31N5O2S. The monoisotopic (exact) mass is 453 g/mol. The van der Waals surface area contributed by atoms with E-state index in [1.807, 2.05) is 12.1 Å². The minimum absolute atomic E-state index is 0.168. The Bertz CT molecular complexity index is 969. The van der Waals surface area contributed by atoms with Gasteiger partial charge >= 0.3 is 0 Å². The molecule has 1 N–H and O–H groups in total. The lowest BCUT2D eigenvalue weighted by Crippen LogP contribution is -2.52. The normalized spacial score (nSPS) is 27.2. The molecule has 8 heteroatoms. The van der Waals surface area contributed by atoms with Crippen molar-refractivity contribution in [2.75, 3.05) is 39.1 Å². The van der Waals surface area contributed by atoms with Crippen LogP contribution in [0.5, 0.6) is 0 Å². The SMILES string of the molecule is CN1C(N2CCC(c3ccc(C#N)cc3)CC2)=NC(NC2CCOCC2)=C2C1CCS2=O. The first-order valence-corrected chi connectivity index (χ1v) is 13.0. The standard InChI is InChI=1S/C24H31N5O2S/c1-28-21-10-15-32(30)22(21)23(26-20-8-13-31-14-9-20)27-24(28)29-11-6-19(7-12-29)18-4-2-17(16-25)3-5-18/h2-5,19-21,26H,6-15H2,1H3.